The second-order valence-corrected chi connectivity index (χ2v) is 5.80. The molecule has 0 aromatic rings. The Morgan fingerprint density at radius 3 is 2.74 bits per heavy atom. The molecule has 0 radical (unpaired) electrons. The summed E-state index contributed by atoms with van der Waals surface area (Å²) in [5.74, 6) is 0.413. The maximum atomic E-state index is 11.9. The number of imide groups is 1. The molecule has 5 heteroatoms. The normalized spacial score (nSPS) is 31.0. The maximum Gasteiger partial charge on any atom is 0.246 e. The highest BCUT2D eigenvalue weighted by molar-refractivity contribution is 6.05. The zero-order valence-corrected chi connectivity index (χ0v) is 12.2. The Labute approximate surface area is 115 Å². The van der Waals surface area contributed by atoms with Crippen molar-refractivity contribution in [2.45, 2.75) is 45.2 Å². The molecule has 5 nitrogen and oxygen atoms in total. The Balaban J connectivity index is 1.89. The first-order valence-electron chi connectivity index (χ1n) is 7.31. The molecule has 2 aliphatic heterocycles. The van der Waals surface area contributed by atoms with Crippen molar-refractivity contribution < 1.29 is 9.59 Å². The van der Waals surface area contributed by atoms with Crippen LogP contribution in [0.2, 0.25) is 0 Å². The molecule has 0 saturated carbocycles. The summed E-state index contributed by atoms with van der Waals surface area (Å²) in [5.41, 5.74) is 0. The van der Waals surface area contributed by atoms with Crippen molar-refractivity contribution in [3.05, 3.63) is 0 Å². The molecule has 2 saturated heterocycles. The molecule has 1 N–H and O–H groups in total. The zero-order valence-electron chi connectivity index (χ0n) is 12.2. The summed E-state index contributed by atoms with van der Waals surface area (Å²) in [4.78, 5) is 27.1. The summed E-state index contributed by atoms with van der Waals surface area (Å²) in [7, 11) is 1.57. The number of likely N-dealkylation sites (N-methyl/N-ethyl adjacent to an activating group) is 1. The Hall–Kier alpha value is -0.940. The second kappa shape index (κ2) is 6.01. The number of amides is 2. The van der Waals surface area contributed by atoms with Crippen molar-refractivity contribution in [3.8, 4) is 0 Å². The van der Waals surface area contributed by atoms with E-state index < -0.39 is 0 Å². The third-order valence-corrected chi connectivity index (χ3v) is 4.54. The minimum atomic E-state index is -0.315. The molecule has 0 aromatic carbocycles. The number of carbonyl (C=O) groups is 2. The fourth-order valence-corrected chi connectivity index (χ4v) is 3.13. The average molecular weight is 267 g/mol. The molecule has 0 bridgehead atoms. The molecule has 3 atom stereocenters. The fraction of sp³-hybridized carbons (Fsp3) is 0.857. The van der Waals surface area contributed by atoms with Gasteiger partial charge in [0.25, 0.3) is 0 Å². The Morgan fingerprint density at radius 1 is 1.42 bits per heavy atom. The lowest BCUT2D eigenvalue weighted by molar-refractivity contribution is -0.137. The van der Waals surface area contributed by atoms with E-state index in [2.05, 4.69) is 24.1 Å². The lowest BCUT2D eigenvalue weighted by Gasteiger charge is -2.36. The lowest BCUT2D eigenvalue weighted by atomic mass is 9.91. The second-order valence-electron chi connectivity index (χ2n) is 5.80. The van der Waals surface area contributed by atoms with Crippen LogP contribution in [0.4, 0.5) is 0 Å². The van der Waals surface area contributed by atoms with Crippen LogP contribution in [0.15, 0.2) is 0 Å². The third-order valence-electron chi connectivity index (χ3n) is 4.54. The smallest absolute Gasteiger partial charge is 0.246 e. The molecule has 0 spiro atoms. The van der Waals surface area contributed by atoms with Crippen molar-refractivity contribution in [2.75, 3.05) is 26.7 Å². The van der Waals surface area contributed by atoms with Gasteiger partial charge in [-0.1, -0.05) is 6.92 Å². The molecular formula is C14H25N3O2. The minimum absolute atomic E-state index is 0.0754. The number of carbonyl (C=O) groups excluding carboxylic acids is 2. The molecule has 2 heterocycles. The van der Waals surface area contributed by atoms with Crippen LogP contribution in [0.1, 0.15) is 33.1 Å². The van der Waals surface area contributed by atoms with E-state index in [0.717, 1.165) is 13.1 Å². The number of nitrogens with zero attached hydrogens (tertiary/aromatic N) is 2. The number of nitrogens with one attached hydrogen (secondary N) is 1. The topological polar surface area (TPSA) is 52.7 Å². The monoisotopic (exact) mass is 267 g/mol. The van der Waals surface area contributed by atoms with E-state index in [1.807, 2.05) is 0 Å². The van der Waals surface area contributed by atoms with Crippen LogP contribution >= 0.6 is 0 Å². The summed E-state index contributed by atoms with van der Waals surface area (Å²) in [6.07, 6.45) is 2.74. The van der Waals surface area contributed by atoms with E-state index in [4.69, 9.17) is 0 Å². The van der Waals surface area contributed by atoms with Crippen molar-refractivity contribution in [3.63, 3.8) is 0 Å². The average Bonchev–Trinajstić information content (AvgIpc) is 2.66. The van der Waals surface area contributed by atoms with Crippen LogP contribution in [0.25, 0.3) is 0 Å². The summed E-state index contributed by atoms with van der Waals surface area (Å²) in [6, 6.07) is -0.0351. The first-order valence-corrected chi connectivity index (χ1v) is 7.31. The van der Waals surface area contributed by atoms with E-state index in [1.54, 1.807) is 7.05 Å². The van der Waals surface area contributed by atoms with Crippen LogP contribution in [0.5, 0.6) is 0 Å². The Morgan fingerprint density at radius 2 is 2.16 bits per heavy atom. The summed E-state index contributed by atoms with van der Waals surface area (Å²) < 4.78 is 0. The first-order chi connectivity index (χ1) is 9.02. The Kier molecular flexibility index (Phi) is 4.58. The van der Waals surface area contributed by atoms with Gasteiger partial charge in [0.15, 0.2) is 0 Å². The highest BCUT2D eigenvalue weighted by Gasteiger charge is 2.37. The molecule has 108 valence electrons. The number of hydrogen-bond acceptors (Lipinski definition) is 4. The highest BCUT2D eigenvalue weighted by Crippen LogP contribution is 2.21. The van der Waals surface area contributed by atoms with Crippen LogP contribution < -0.4 is 5.32 Å². The van der Waals surface area contributed by atoms with Crippen LogP contribution in [0, 0.1) is 5.92 Å². The van der Waals surface area contributed by atoms with Gasteiger partial charge in [0.05, 0.1) is 12.5 Å². The van der Waals surface area contributed by atoms with Crippen LogP contribution in [-0.2, 0) is 9.59 Å². The third kappa shape index (κ3) is 3.15. The van der Waals surface area contributed by atoms with E-state index in [1.165, 1.54) is 24.3 Å². The molecule has 2 rings (SSSR count). The van der Waals surface area contributed by atoms with Gasteiger partial charge in [-0.05, 0) is 38.8 Å². The van der Waals surface area contributed by atoms with Gasteiger partial charge in [-0.2, -0.15) is 0 Å². The van der Waals surface area contributed by atoms with Gasteiger partial charge in [-0.25, -0.2) is 0 Å². The molecular weight excluding hydrogens is 242 g/mol. The van der Waals surface area contributed by atoms with Gasteiger partial charge in [0, 0.05) is 19.6 Å². The molecule has 0 aromatic heterocycles. The molecule has 19 heavy (non-hydrogen) atoms. The molecule has 0 aliphatic carbocycles. The van der Waals surface area contributed by atoms with E-state index in [0.29, 0.717) is 12.3 Å². The van der Waals surface area contributed by atoms with Gasteiger partial charge < -0.3 is 10.2 Å². The highest BCUT2D eigenvalue weighted by atomic mass is 16.2. The van der Waals surface area contributed by atoms with Gasteiger partial charge in [-0.3, -0.25) is 14.5 Å². The largest absolute Gasteiger partial charge is 0.303 e. The summed E-state index contributed by atoms with van der Waals surface area (Å²) in [5, 5.41) is 3.37. The fourth-order valence-electron chi connectivity index (χ4n) is 3.13. The van der Waals surface area contributed by atoms with Gasteiger partial charge in [0.2, 0.25) is 11.8 Å². The SMILES string of the molecule is CCN1CCCC(C(C)NC2CC(=O)N(C)C2=O)C1. The Bertz CT molecular complexity index is 359. The molecule has 2 aliphatic rings. The predicted molar refractivity (Wildman–Crippen MR) is 73.6 cm³/mol. The van der Waals surface area contributed by atoms with Crippen molar-refractivity contribution in [1.82, 2.24) is 15.1 Å². The van der Waals surface area contributed by atoms with Crippen LogP contribution in [-0.4, -0.2) is 60.4 Å². The molecule has 2 fully saturated rings. The molecule has 3 unspecified atom stereocenters. The predicted octanol–water partition coefficient (Wildman–Crippen LogP) is 0.454. The van der Waals surface area contributed by atoms with Gasteiger partial charge in [0.1, 0.15) is 0 Å². The lowest BCUT2D eigenvalue weighted by Crippen LogP contribution is -2.49. The number of rotatable bonds is 4. The number of likely N-dealkylation sites (tertiary alicyclic amines) is 2. The number of hydrogen-bond donors (Lipinski definition) is 1. The maximum absolute atomic E-state index is 11.9. The van der Waals surface area contributed by atoms with Gasteiger partial charge >= 0.3 is 0 Å². The van der Waals surface area contributed by atoms with E-state index in [-0.39, 0.29) is 23.9 Å². The van der Waals surface area contributed by atoms with Crippen LogP contribution in [0.3, 0.4) is 0 Å². The summed E-state index contributed by atoms with van der Waals surface area (Å²) >= 11 is 0. The number of piperidine rings is 1. The van der Waals surface area contributed by atoms with Crippen molar-refractivity contribution >= 4 is 11.8 Å². The molecule has 2 amide bonds. The summed E-state index contributed by atoms with van der Waals surface area (Å²) in [6.45, 7) is 7.69. The van der Waals surface area contributed by atoms with Crippen molar-refractivity contribution in [1.29, 1.82) is 0 Å². The quantitative estimate of drug-likeness (QED) is 0.752. The van der Waals surface area contributed by atoms with E-state index >= 15 is 0 Å². The standard InChI is InChI=1S/C14H25N3O2/c1-4-17-7-5-6-11(9-17)10(2)15-12-8-13(18)16(3)14(12)19/h10-12,15H,4-9H2,1-3H3. The first kappa shape index (κ1) is 14.5. The van der Waals surface area contributed by atoms with Crippen molar-refractivity contribution in [2.24, 2.45) is 5.92 Å². The zero-order chi connectivity index (χ0) is 14.0. The van der Waals surface area contributed by atoms with Gasteiger partial charge in [-0.15, -0.1) is 0 Å². The van der Waals surface area contributed by atoms with E-state index in [9.17, 15) is 9.59 Å². The minimum Gasteiger partial charge on any atom is -0.303 e.